The fourth-order valence-corrected chi connectivity index (χ4v) is 2.66. The van der Waals surface area contributed by atoms with Crippen molar-refractivity contribution in [3.63, 3.8) is 0 Å². The minimum Gasteiger partial charge on any atom is -0.258 e. The van der Waals surface area contributed by atoms with Crippen LogP contribution >= 0.6 is 11.8 Å². The summed E-state index contributed by atoms with van der Waals surface area (Å²) in [5.41, 5.74) is 8.04. The minimum atomic E-state index is 0.554. The fourth-order valence-electron chi connectivity index (χ4n) is 1.82. The van der Waals surface area contributed by atoms with Gasteiger partial charge in [-0.2, -0.15) is 5.10 Å². The molecule has 1 aromatic rings. The Morgan fingerprint density at radius 2 is 2.11 bits per heavy atom. The fraction of sp³-hybridized carbons (Fsp3) is 0.429. The Labute approximate surface area is 112 Å². The lowest BCUT2D eigenvalue weighted by Gasteiger charge is -2.15. The van der Waals surface area contributed by atoms with E-state index in [1.165, 1.54) is 29.5 Å². The quantitative estimate of drug-likeness (QED) is 0.886. The topological polar surface area (TPSA) is 36.8 Å². The van der Waals surface area contributed by atoms with Gasteiger partial charge in [-0.1, -0.05) is 23.9 Å². The normalized spacial score (nSPS) is 21.7. The smallest absolute Gasteiger partial charge is 0.177 e. The molecule has 0 aromatic heterocycles. The van der Waals surface area contributed by atoms with Gasteiger partial charge in [-0.05, 0) is 49.4 Å². The van der Waals surface area contributed by atoms with Crippen LogP contribution in [0, 0.1) is 13.8 Å². The number of thioether (sulfide) groups is 1. The molecule has 2 aliphatic rings. The molecule has 0 unspecified atom stereocenters. The van der Waals surface area contributed by atoms with E-state index in [2.05, 4.69) is 47.6 Å². The second-order valence-electron chi connectivity index (χ2n) is 4.92. The number of amidine groups is 1. The van der Waals surface area contributed by atoms with Gasteiger partial charge >= 0.3 is 0 Å². The molecule has 18 heavy (non-hydrogen) atoms. The van der Waals surface area contributed by atoms with Crippen molar-refractivity contribution in [3.05, 3.63) is 34.9 Å². The van der Waals surface area contributed by atoms with Crippen molar-refractivity contribution in [2.45, 2.75) is 32.7 Å². The van der Waals surface area contributed by atoms with Crippen LogP contribution in [0.25, 0.3) is 0 Å². The van der Waals surface area contributed by atoms with Gasteiger partial charge in [0, 0.05) is 5.75 Å². The van der Waals surface area contributed by atoms with Crippen molar-refractivity contribution in [1.29, 1.82) is 0 Å². The number of aliphatic imine (C=N–C) groups is 1. The Hall–Kier alpha value is -1.29. The van der Waals surface area contributed by atoms with Gasteiger partial charge in [0.15, 0.2) is 5.17 Å². The average Bonchev–Trinajstić information content (AvgIpc) is 3.18. The van der Waals surface area contributed by atoms with Crippen LogP contribution in [-0.4, -0.2) is 22.7 Å². The summed E-state index contributed by atoms with van der Waals surface area (Å²) < 4.78 is 0. The summed E-state index contributed by atoms with van der Waals surface area (Å²) in [5.74, 6) is 0.904. The van der Waals surface area contributed by atoms with E-state index in [-0.39, 0.29) is 0 Å². The third-order valence-corrected chi connectivity index (χ3v) is 4.21. The minimum absolute atomic E-state index is 0.554. The van der Waals surface area contributed by atoms with Crippen molar-refractivity contribution in [2.75, 3.05) is 5.75 Å². The summed E-state index contributed by atoms with van der Waals surface area (Å²) in [6.45, 7) is 4.28. The van der Waals surface area contributed by atoms with Crippen molar-refractivity contribution in [3.8, 4) is 0 Å². The summed E-state index contributed by atoms with van der Waals surface area (Å²) in [5, 5.41) is 5.42. The van der Waals surface area contributed by atoms with E-state index in [4.69, 9.17) is 0 Å². The molecule has 0 spiro atoms. The second-order valence-corrected chi connectivity index (χ2v) is 5.89. The van der Waals surface area contributed by atoms with Crippen LogP contribution in [-0.2, 0) is 0 Å². The molecule has 0 atom stereocenters. The molecule has 0 radical (unpaired) electrons. The summed E-state index contributed by atoms with van der Waals surface area (Å²) in [6.07, 6.45) is 2.47. The third kappa shape index (κ3) is 2.58. The lowest BCUT2D eigenvalue weighted by atomic mass is 10.0. The van der Waals surface area contributed by atoms with E-state index in [0.717, 1.165) is 16.6 Å². The van der Waals surface area contributed by atoms with Crippen LogP contribution in [0.1, 0.15) is 29.5 Å². The Bertz CT molecular complexity index is 530. The number of aryl methyl sites for hydroxylation is 2. The number of nitrogens with zero attached hydrogens (tertiary/aromatic N) is 2. The third-order valence-electron chi connectivity index (χ3n) is 3.32. The zero-order valence-corrected chi connectivity index (χ0v) is 11.5. The van der Waals surface area contributed by atoms with E-state index in [1.54, 1.807) is 11.8 Å². The molecule has 1 heterocycles. The molecule has 4 heteroatoms. The molecule has 3 nitrogen and oxygen atoms in total. The maximum absolute atomic E-state index is 4.57. The number of hydrogen-bond acceptors (Lipinski definition) is 3. The van der Waals surface area contributed by atoms with Crippen molar-refractivity contribution in [1.82, 2.24) is 5.43 Å². The van der Waals surface area contributed by atoms with Gasteiger partial charge in [0.25, 0.3) is 0 Å². The first-order valence-corrected chi connectivity index (χ1v) is 7.32. The van der Waals surface area contributed by atoms with Crippen molar-refractivity contribution in [2.24, 2.45) is 10.1 Å². The summed E-state index contributed by atoms with van der Waals surface area (Å²) in [6, 6.07) is 7.07. The largest absolute Gasteiger partial charge is 0.258 e. The number of benzene rings is 1. The molecule has 94 valence electrons. The van der Waals surface area contributed by atoms with Gasteiger partial charge in [0.1, 0.15) is 0 Å². The predicted octanol–water partition coefficient (Wildman–Crippen LogP) is 2.86. The summed E-state index contributed by atoms with van der Waals surface area (Å²) >= 11 is 1.75. The first-order valence-electron chi connectivity index (χ1n) is 6.33. The highest BCUT2D eigenvalue weighted by molar-refractivity contribution is 8.14. The predicted molar refractivity (Wildman–Crippen MR) is 78.5 cm³/mol. The highest BCUT2D eigenvalue weighted by atomic mass is 32.2. The number of nitrogens with one attached hydrogen (secondary N) is 1. The van der Waals surface area contributed by atoms with E-state index in [0.29, 0.717) is 6.04 Å². The molecule has 1 saturated carbocycles. The van der Waals surface area contributed by atoms with Gasteiger partial charge in [-0.3, -0.25) is 10.4 Å². The maximum atomic E-state index is 4.57. The highest BCUT2D eigenvalue weighted by Gasteiger charge is 2.22. The van der Waals surface area contributed by atoms with Crippen LogP contribution in [0.4, 0.5) is 0 Å². The van der Waals surface area contributed by atoms with E-state index < -0.39 is 0 Å². The van der Waals surface area contributed by atoms with E-state index >= 15 is 0 Å². The van der Waals surface area contributed by atoms with Crippen LogP contribution in [0.5, 0.6) is 0 Å². The zero-order chi connectivity index (χ0) is 12.5. The van der Waals surface area contributed by atoms with Gasteiger partial charge in [-0.15, -0.1) is 0 Å². The molecule has 1 aliphatic heterocycles. The Morgan fingerprint density at radius 3 is 2.72 bits per heavy atom. The molecule has 1 fully saturated rings. The Balaban J connectivity index is 1.77. The Kier molecular flexibility index (Phi) is 3.12. The molecule has 3 rings (SSSR count). The lowest BCUT2D eigenvalue weighted by Crippen LogP contribution is -2.25. The van der Waals surface area contributed by atoms with E-state index in [9.17, 15) is 0 Å². The lowest BCUT2D eigenvalue weighted by molar-refractivity contribution is 0.985. The van der Waals surface area contributed by atoms with E-state index in [1.807, 2.05) is 0 Å². The van der Waals surface area contributed by atoms with Crippen molar-refractivity contribution >= 4 is 22.6 Å². The average molecular weight is 259 g/mol. The van der Waals surface area contributed by atoms with Crippen LogP contribution in [0.3, 0.4) is 0 Å². The van der Waals surface area contributed by atoms with Crippen molar-refractivity contribution < 1.29 is 0 Å². The van der Waals surface area contributed by atoms with Gasteiger partial charge < -0.3 is 0 Å². The molecule has 0 saturated heterocycles. The van der Waals surface area contributed by atoms with Crippen LogP contribution in [0.15, 0.2) is 28.3 Å². The molecular formula is C14H17N3S. The van der Waals surface area contributed by atoms with Gasteiger partial charge in [0.05, 0.1) is 11.8 Å². The summed E-state index contributed by atoms with van der Waals surface area (Å²) in [4.78, 5) is 4.57. The Morgan fingerprint density at radius 1 is 1.28 bits per heavy atom. The standard InChI is InChI=1S/C14H17N3S/c1-9-3-4-11(7-10(9)2)13-8-18-14(17-16-13)15-12-5-6-12/h3-4,7,12H,5-6,8H2,1-2H3,(H,15,17). The second kappa shape index (κ2) is 4.76. The molecule has 1 aromatic carbocycles. The van der Waals surface area contributed by atoms with Gasteiger partial charge in [-0.25, -0.2) is 0 Å². The first kappa shape index (κ1) is 11.8. The number of rotatable bonds is 2. The molecule has 1 aliphatic carbocycles. The summed E-state index contributed by atoms with van der Waals surface area (Å²) in [7, 11) is 0. The van der Waals surface area contributed by atoms with Gasteiger partial charge in [0.2, 0.25) is 0 Å². The molecule has 0 bridgehead atoms. The molecular weight excluding hydrogens is 242 g/mol. The monoisotopic (exact) mass is 259 g/mol. The first-order chi connectivity index (χ1) is 8.72. The van der Waals surface area contributed by atoms with Crippen LogP contribution < -0.4 is 5.43 Å². The SMILES string of the molecule is Cc1ccc(C2=NNC(=NC3CC3)SC2)cc1C. The van der Waals surface area contributed by atoms with Crippen LogP contribution in [0.2, 0.25) is 0 Å². The number of hydrogen-bond donors (Lipinski definition) is 1. The molecule has 0 amide bonds. The molecule has 1 N–H and O–H groups in total. The zero-order valence-electron chi connectivity index (χ0n) is 10.7. The maximum Gasteiger partial charge on any atom is 0.177 e. The number of hydrazone groups is 1. The highest BCUT2D eigenvalue weighted by Crippen LogP contribution is 2.25.